The van der Waals surface area contributed by atoms with Gasteiger partial charge in [-0.3, -0.25) is 0 Å². The van der Waals surface area contributed by atoms with Crippen molar-refractivity contribution in [3.8, 4) is 5.75 Å². The van der Waals surface area contributed by atoms with Crippen molar-refractivity contribution in [2.24, 2.45) is 0 Å². The quantitative estimate of drug-likeness (QED) is 0.253. The molecule has 0 atom stereocenters. The second kappa shape index (κ2) is 12.0. The number of ether oxygens (including phenoxy) is 1. The molecule has 0 fully saturated rings. The third-order valence-corrected chi connectivity index (χ3v) is 10.9. The van der Waals surface area contributed by atoms with Gasteiger partial charge in [-0.1, -0.05) is 25.4 Å². The average molecular weight is 556 g/mol. The maximum atomic E-state index is 13.9. The summed E-state index contributed by atoms with van der Waals surface area (Å²) < 4.78 is 36.0. The van der Waals surface area contributed by atoms with Gasteiger partial charge >= 0.3 is 5.97 Å². The summed E-state index contributed by atoms with van der Waals surface area (Å²) in [6, 6.07) is 10.9. The molecule has 0 spiro atoms. The number of carboxylic acid groups (broad SMARTS) is 1. The van der Waals surface area contributed by atoms with Crippen molar-refractivity contribution in [2.45, 2.75) is 55.7 Å². The molecule has 6 nitrogen and oxygen atoms in total. The van der Waals surface area contributed by atoms with Crippen molar-refractivity contribution < 1.29 is 23.1 Å². The highest BCUT2D eigenvalue weighted by atomic mass is 35.5. The minimum atomic E-state index is -3.69. The van der Waals surface area contributed by atoms with Crippen LogP contribution < -0.4 is 4.74 Å². The number of hydrogen-bond donors (Lipinski definition) is 1. The van der Waals surface area contributed by atoms with Crippen molar-refractivity contribution in [3.63, 3.8) is 0 Å². The number of hydrogen-bond acceptors (Lipinski definition) is 6. The first kappa shape index (κ1) is 27.8. The molecule has 0 saturated carbocycles. The Morgan fingerprint density at radius 3 is 2.51 bits per heavy atom. The zero-order chi connectivity index (χ0) is 25.8. The molecule has 190 valence electrons. The second-order valence-electron chi connectivity index (χ2n) is 8.20. The Morgan fingerprint density at radius 1 is 1.17 bits per heavy atom. The minimum Gasteiger partial charge on any atom is -0.482 e. The van der Waals surface area contributed by atoms with E-state index in [4.69, 9.17) is 21.4 Å². The average Bonchev–Trinajstić information content (AvgIpc) is 3.14. The monoisotopic (exact) mass is 555 g/mol. The fourth-order valence-corrected chi connectivity index (χ4v) is 8.85. The Bertz CT molecular complexity index is 1300. The maximum Gasteiger partial charge on any atom is 0.341 e. The van der Waals surface area contributed by atoms with E-state index in [1.807, 2.05) is 52.0 Å². The summed E-state index contributed by atoms with van der Waals surface area (Å²) in [6.45, 7) is 7.72. The van der Waals surface area contributed by atoms with Gasteiger partial charge in [-0.2, -0.15) is 4.31 Å². The van der Waals surface area contributed by atoms with Crippen LogP contribution in [-0.4, -0.2) is 48.7 Å². The molecule has 0 radical (unpaired) electrons. The lowest BCUT2D eigenvalue weighted by molar-refractivity contribution is -0.139. The SMILES string of the molecule is CCC(CC)N(CCSc1ccc(OCC(=O)O)c(C)c1)S(=O)(=O)c1sc2ccc(Cl)cc2c1C. The van der Waals surface area contributed by atoms with E-state index >= 15 is 0 Å². The molecule has 3 rings (SSSR count). The van der Waals surface area contributed by atoms with E-state index < -0.39 is 16.0 Å². The molecule has 1 heterocycles. The standard InChI is InChI=1S/C25H30ClNO5S3/c1-5-19(6-2)27(11-12-33-20-8-9-22(16(3)13-20)32-15-24(28)29)35(30,31)25-17(4)21-14-18(26)7-10-23(21)34-25/h7-10,13-14,19H,5-6,11-12,15H2,1-4H3,(H,28,29). The number of carboxylic acids is 1. The number of carbonyl (C=O) groups is 1. The Hall–Kier alpha value is -1.78. The van der Waals surface area contributed by atoms with Gasteiger partial charge in [0, 0.05) is 33.0 Å². The number of nitrogens with zero attached hydrogens (tertiary/aromatic N) is 1. The van der Waals surface area contributed by atoms with Crippen molar-refractivity contribution in [1.29, 1.82) is 0 Å². The van der Waals surface area contributed by atoms with Crippen molar-refractivity contribution in [3.05, 3.63) is 52.5 Å². The Kier molecular flexibility index (Phi) is 9.51. The van der Waals surface area contributed by atoms with Crippen LogP contribution in [0.4, 0.5) is 0 Å². The van der Waals surface area contributed by atoms with Crippen LogP contribution in [0.1, 0.15) is 37.8 Å². The molecule has 0 unspecified atom stereocenters. The summed E-state index contributed by atoms with van der Waals surface area (Å²) >= 11 is 9.02. The first-order chi connectivity index (χ1) is 16.6. The zero-order valence-electron chi connectivity index (χ0n) is 20.2. The predicted molar refractivity (Wildman–Crippen MR) is 145 cm³/mol. The highest BCUT2D eigenvalue weighted by Crippen LogP contribution is 2.38. The topological polar surface area (TPSA) is 83.9 Å². The number of fused-ring (bicyclic) bond motifs is 1. The number of benzene rings is 2. The molecule has 2 aromatic carbocycles. The summed E-state index contributed by atoms with van der Waals surface area (Å²) in [7, 11) is -3.69. The van der Waals surface area contributed by atoms with Crippen LogP contribution in [0.2, 0.25) is 5.02 Å². The highest BCUT2D eigenvalue weighted by Gasteiger charge is 2.32. The number of rotatable bonds is 12. The molecule has 35 heavy (non-hydrogen) atoms. The van der Waals surface area contributed by atoms with Crippen LogP contribution in [0.15, 0.2) is 45.5 Å². The van der Waals surface area contributed by atoms with Crippen molar-refractivity contribution in [2.75, 3.05) is 18.9 Å². The number of halogens is 1. The lowest BCUT2D eigenvalue weighted by Gasteiger charge is -2.29. The molecular formula is C25H30ClNO5S3. The van der Waals surface area contributed by atoms with Gasteiger partial charge in [-0.15, -0.1) is 23.1 Å². The molecule has 0 aliphatic rings. The smallest absolute Gasteiger partial charge is 0.341 e. The lowest BCUT2D eigenvalue weighted by atomic mass is 10.2. The molecular weight excluding hydrogens is 526 g/mol. The van der Waals surface area contributed by atoms with Gasteiger partial charge in [-0.25, -0.2) is 13.2 Å². The maximum absolute atomic E-state index is 13.9. The van der Waals surface area contributed by atoms with Crippen LogP contribution in [0.3, 0.4) is 0 Å². The Labute approximate surface area is 220 Å². The van der Waals surface area contributed by atoms with Crippen LogP contribution in [0, 0.1) is 13.8 Å². The van der Waals surface area contributed by atoms with Gasteiger partial charge in [0.05, 0.1) is 0 Å². The lowest BCUT2D eigenvalue weighted by Crippen LogP contribution is -2.41. The van der Waals surface area contributed by atoms with E-state index in [1.54, 1.807) is 28.2 Å². The number of sulfonamides is 1. The van der Waals surface area contributed by atoms with E-state index in [9.17, 15) is 13.2 Å². The summed E-state index contributed by atoms with van der Waals surface area (Å²) in [4.78, 5) is 11.7. The first-order valence-electron chi connectivity index (χ1n) is 11.4. The zero-order valence-corrected chi connectivity index (χ0v) is 23.4. The Balaban J connectivity index is 1.81. The van der Waals surface area contributed by atoms with E-state index in [-0.39, 0.29) is 12.6 Å². The summed E-state index contributed by atoms with van der Waals surface area (Å²) in [5, 5.41) is 10.3. The van der Waals surface area contributed by atoms with Crippen molar-refractivity contribution in [1.82, 2.24) is 4.31 Å². The predicted octanol–water partition coefficient (Wildman–Crippen LogP) is 6.61. The van der Waals surface area contributed by atoms with Gasteiger partial charge in [0.2, 0.25) is 0 Å². The van der Waals surface area contributed by atoms with Crippen LogP contribution in [0.5, 0.6) is 5.75 Å². The van der Waals surface area contributed by atoms with Crippen molar-refractivity contribution >= 4 is 60.8 Å². The molecule has 0 bridgehead atoms. The van der Waals surface area contributed by atoms with Crippen LogP contribution in [-0.2, 0) is 14.8 Å². The fourth-order valence-electron chi connectivity index (χ4n) is 3.98. The minimum absolute atomic E-state index is 0.0951. The van der Waals surface area contributed by atoms with Crippen LogP contribution in [0.25, 0.3) is 10.1 Å². The van der Waals surface area contributed by atoms with E-state index in [0.717, 1.165) is 39.0 Å². The molecule has 1 N–H and O–H groups in total. The van der Waals surface area contributed by atoms with Gasteiger partial charge in [-0.05, 0) is 79.6 Å². The molecule has 0 saturated heterocycles. The molecule has 0 aliphatic carbocycles. The molecule has 0 amide bonds. The number of thiophene rings is 1. The van der Waals surface area contributed by atoms with E-state index in [1.165, 1.54) is 11.3 Å². The third-order valence-electron chi connectivity index (χ3n) is 5.83. The molecule has 3 aromatic rings. The largest absolute Gasteiger partial charge is 0.482 e. The number of thioether (sulfide) groups is 1. The van der Waals surface area contributed by atoms with Gasteiger partial charge < -0.3 is 9.84 Å². The van der Waals surface area contributed by atoms with Gasteiger partial charge in [0.25, 0.3) is 10.0 Å². The summed E-state index contributed by atoms with van der Waals surface area (Å²) in [6.07, 6.45) is 1.45. The van der Waals surface area contributed by atoms with E-state index in [0.29, 0.717) is 27.3 Å². The molecule has 0 aliphatic heterocycles. The summed E-state index contributed by atoms with van der Waals surface area (Å²) in [5.74, 6) is 0.0844. The van der Waals surface area contributed by atoms with Gasteiger partial charge in [0.15, 0.2) is 6.61 Å². The Morgan fingerprint density at radius 2 is 1.89 bits per heavy atom. The van der Waals surface area contributed by atoms with Gasteiger partial charge in [0.1, 0.15) is 9.96 Å². The number of aliphatic carboxylic acids is 1. The second-order valence-corrected chi connectivity index (χ2v) is 12.9. The van der Waals surface area contributed by atoms with Crippen LogP contribution >= 0.6 is 34.7 Å². The third kappa shape index (κ3) is 6.51. The fraction of sp³-hybridized carbons (Fsp3) is 0.400. The molecule has 1 aromatic heterocycles. The summed E-state index contributed by atoms with van der Waals surface area (Å²) in [5.41, 5.74) is 1.57. The first-order valence-corrected chi connectivity index (χ1v) is 15.0. The highest BCUT2D eigenvalue weighted by molar-refractivity contribution is 7.99. The normalized spacial score (nSPS) is 12.1. The number of aryl methyl sites for hydroxylation is 2. The van der Waals surface area contributed by atoms with E-state index in [2.05, 4.69) is 0 Å². The molecule has 10 heteroatoms.